The molecule has 0 saturated carbocycles. The molecule has 98 valence electrons. The summed E-state index contributed by atoms with van der Waals surface area (Å²) in [6.45, 7) is 0. The number of aromatic nitrogens is 2. The van der Waals surface area contributed by atoms with Gasteiger partial charge >= 0.3 is 0 Å². The van der Waals surface area contributed by atoms with E-state index in [1.165, 1.54) is 35.2 Å². The van der Waals surface area contributed by atoms with Crippen LogP contribution in [0.15, 0.2) is 35.4 Å². The van der Waals surface area contributed by atoms with Gasteiger partial charge in [-0.1, -0.05) is 23.2 Å². The quantitative estimate of drug-likeness (QED) is 0.866. The van der Waals surface area contributed by atoms with E-state index in [2.05, 4.69) is 10.3 Å². The maximum atomic E-state index is 11.9. The second-order valence-electron chi connectivity index (χ2n) is 3.82. The average Bonchev–Trinajstić information content (AvgIpc) is 2.37. The van der Waals surface area contributed by atoms with Crippen LogP contribution in [0.4, 0.5) is 5.69 Å². The van der Waals surface area contributed by atoms with Gasteiger partial charge in [0.1, 0.15) is 5.15 Å². The van der Waals surface area contributed by atoms with Crippen molar-refractivity contribution < 1.29 is 4.79 Å². The molecule has 2 aromatic heterocycles. The van der Waals surface area contributed by atoms with Gasteiger partial charge in [-0.2, -0.15) is 0 Å². The molecule has 0 aliphatic rings. The van der Waals surface area contributed by atoms with Crippen LogP contribution in [0.25, 0.3) is 0 Å². The molecule has 0 atom stereocenters. The number of pyridine rings is 2. The molecule has 2 heterocycles. The average molecular weight is 298 g/mol. The number of halogens is 2. The Kier molecular flexibility index (Phi) is 3.87. The Morgan fingerprint density at radius 3 is 2.74 bits per heavy atom. The highest BCUT2D eigenvalue weighted by atomic mass is 35.5. The molecule has 0 aromatic carbocycles. The van der Waals surface area contributed by atoms with Crippen molar-refractivity contribution in [1.82, 2.24) is 9.55 Å². The first kappa shape index (κ1) is 13.6. The summed E-state index contributed by atoms with van der Waals surface area (Å²) >= 11 is 11.5. The summed E-state index contributed by atoms with van der Waals surface area (Å²) in [5.74, 6) is -0.385. The lowest BCUT2D eigenvalue weighted by molar-refractivity contribution is 0.102. The largest absolute Gasteiger partial charge is 0.321 e. The van der Waals surface area contributed by atoms with Crippen LogP contribution in [0.3, 0.4) is 0 Å². The maximum absolute atomic E-state index is 11.9. The van der Waals surface area contributed by atoms with Gasteiger partial charge in [-0.3, -0.25) is 9.59 Å². The number of hydrogen-bond donors (Lipinski definition) is 1. The van der Waals surface area contributed by atoms with E-state index in [-0.39, 0.29) is 27.2 Å². The zero-order chi connectivity index (χ0) is 14.0. The van der Waals surface area contributed by atoms with Crippen molar-refractivity contribution in [2.75, 3.05) is 5.32 Å². The summed E-state index contributed by atoms with van der Waals surface area (Å²) in [4.78, 5) is 26.9. The number of amides is 1. The number of rotatable bonds is 2. The van der Waals surface area contributed by atoms with Crippen molar-refractivity contribution in [2.45, 2.75) is 0 Å². The number of anilines is 1. The molecule has 1 N–H and O–H groups in total. The van der Waals surface area contributed by atoms with Gasteiger partial charge in [-0.05, 0) is 12.1 Å². The molecular formula is C12H9Cl2N3O2. The lowest BCUT2D eigenvalue weighted by Crippen LogP contribution is -2.18. The molecule has 5 nitrogen and oxygen atoms in total. The standard InChI is InChI=1S/C12H9Cl2N3O2/c1-17-6-8(2-3-10(17)18)16-12(19)7-4-9(13)11(14)15-5-7/h2-6H,1H3,(H,16,19). The van der Waals surface area contributed by atoms with E-state index < -0.39 is 0 Å². The van der Waals surface area contributed by atoms with Crippen LogP contribution in [0.5, 0.6) is 0 Å². The molecule has 1 amide bonds. The minimum Gasteiger partial charge on any atom is -0.321 e. The second kappa shape index (κ2) is 5.42. The van der Waals surface area contributed by atoms with E-state index in [1.54, 1.807) is 7.05 Å². The molecule has 0 unspecified atom stereocenters. The summed E-state index contributed by atoms with van der Waals surface area (Å²) < 4.78 is 1.36. The highest BCUT2D eigenvalue weighted by Crippen LogP contribution is 2.20. The summed E-state index contributed by atoms with van der Waals surface area (Å²) in [5.41, 5.74) is 0.621. The van der Waals surface area contributed by atoms with Crippen molar-refractivity contribution in [3.8, 4) is 0 Å². The molecule has 19 heavy (non-hydrogen) atoms. The van der Waals surface area contributed by atoms with Crippen LogP contribution in [0.2, 0.25) is 10.2 Å². The Hall–Kier alpha value is -1.85. The van der Waals surface area contributed by atoms with Crippen molar-refractivity contribution in [3.63, 3.8) is 0 Å². The summed E-state index contributed by atoms with van der Waals surface area (Å²) in [6, 6.07) is 4.31. The molecular weight excluding hydrogens is 289 g/mol. The molecule has 0 fully saturated rings. The van der Waals surface area contributed by atoms with Crippen LogP contribution < -0.4 is 10.9 Å². The first-order valence-electron chi connectivity index (χ1n) is 5.26. The Balaban J connectivity index is 2.22. The zero-order valence-electron chi connectivity index (χ0n) is 9.85. The third kappa shape index (κ3) is 3.13. The Bertz CT molecular complexity index is 698. The Labute approximate surface area is 118 Å². The number of aryl methyl sites for hydroxylation is 1. The van der Waals surface area contributed by atoms with Crippen LogP contribution in [0.1, 0.15) is 10.4 Å². The lowest BCUT2D eigenvalue weighted by atomic mass is 10.2. The zero-order valence-corrected chi connectivity index (χ0v) is 11.4. The van der Waals surface area contributed by atoms with Gasteiger partial charge in [0.2, 0.25) is 5.56 Å². The van der Waals surface area contributed by atoms with Crippen molar-refractivity contribution >= 4 is 34.8 Å². The van der Waals surface area contributed by atoms with Crippen LogP contribution in [0, 0.1) is 0 Å². The monoisotopic (exact) mass is 297 g/mol. The van der Waals surface area contributed by atoms with Gasteiger partial charge in [0.25, 0.3) is 5.91 Å². The van der Waals surface area contributed by atoms with E-state index >= 15 is 0 Å². The molecule has 0 bridgehead atoms. The smallest absolute Gasteiger partial charge is 0.257 e. The summed E-state index contributed by atoms with van der Waals surface area (Å²) in [6.07, 6.45) is 2.84. The summed E-state index contributed by atoms with van der Waals surface area (Å²) in [5, 5.41) is 2.98. The predicted molar refractivity (Wildman–Crippen MR) is 73.9 cm³/mol. The lowest BCUT2D eigenvalue weighted by Gasteiger charge is -2.06. The minimum atomic E-state index is -0.385. The molecule has 0 aliphatic heterocycles. The number of nitrogens with zero attached hydrogens (tertiary/aromatic N) is 2. The number of carbonyl (C=O) groups is 1. The fourth-order valence-corrected chi connectivity index (χ4v) is 1.69. The second-order valence-corrected chi connectivity index (χ2v) is 4.58. The van der Waals surface area contributed by atoms with Crippen LogP contribution in [-0.4, -0.2) is 15.5 Å². The number of nitrogens with one attached hydrogen (secondary N) is 1. The van der Waals surface area contributed by atoms with E-state index in [4.69, 9.17) is 23.2 Å². The number of carbonyl (C=O) groups excluding carboxylic acids is 1. The van der Waals surface area contributed by atoms with Gasteiger partial charge in [0, 0.05) is 25.5 Å². The molecule has 0 saturated heterocycles. The Morgan fingerprint density at radius 2 is 2.11 bits per heavy atom. The SMILES string of the molecule is Cn1cc(NC(=O)c2cnc(Cl)c(Cl)c2)ccc1=O. The van der Waals surface area contributed by atoms with E-state index in [0.717, 1.165) is 0 Å². The topological polar surface area (TPSA) is 64.0 Å². The van der Waals surface area contributed by atoms with Crippen molar-refractivity contribution in [2.24, 2.45) is 7.05 Å². The van der Waals surface area contributed by atoms with Crippen molar-refractivity contribution in [1.29, 1.82) is 0 Å². The van der Waals surface area contributed by atoms with E-state index in [1.807, 2.05) is 0 Å². The number of hydrogen-bond acceptors (Lipinski definition) is 3. The molecule has 0 radical (unpaired) electrons. The highest BCUT2D eigenvalue weighted by molar-refractivity contribution is 6.41. The van der Waals surface area contributed by atoms with Crippen molar-refractivity contribution in [3.05, 3.63) is 56.7 Å². The minimum absolute atomic E-state index is 0.139. The third-order valence-electron chi connectivity index (χ3n) is 2.40. The fourth-order valence-electron chi connectivity index (χ4n) is 1.42. The highest BCUT2D eigenvalue weighted by Gasteiger charge is 2.09. The molecule has 7 heteroatoms. The molecule has 0 aliphatic carbocycles. The normalized spacial score (nSPS) is 10.3. The predicted octanol–water partition coefficient (Wildman–Crippen LogP) is 2.34. The fraction of sp³-hybridized carbons (Fsp3) is 0.0833. The molecule has 0 spiro atoms. The van der Waals surface area contributed by atoms with Gasteiger partial charge in [0.05, 0.1) is 16.3 Å². The van der Waals surface area contributed by atoms with Crippen LogP contribution in [-0.2, 0) is 7.05 Å². The van der Waals surface area contributed by atoms with Gasteiger partial charge in [-0.15, -0.1) is 0 Å². The molecule has 2 aromatic rings. The van der Waals surface area contributed by atoms with Crippen LogP contribution >= 0.6 is 23.2 Å². The first-order chi connectivity index (χ1) is 8.97. The maximum Gasteiger partial charge on any atom is 0.257 e. The van der Waals surface area contributed by atoms with Gasteiger partial charge < -0.3 is 9.88 Å². The van der Waals surface area contributed by atoms with E-state index in [9.17, 15) is 9.59 Å². The molecule has 2 rings (SSSR count). The van der Waals surface area contributed by atoms with Gasteiger partial charge in [0.15, 0.2) is 0 Å². The van der Waals surface area contributed by atoms with E-state index in [0.29, 0.717) is 5.69 Å². The van der Waals surface area contributed by atoms with Gasteiger partial charge in [-0.25, -0.2) is 4.98 Å². The third-order valence-corrected chi connectivity index (χ3v) is 3.09. The summed E-state index contributed by atoms with van der Waals surface area (Å²) in [7, 11) is 1.60. The Morgan fingerprint density at radius 1 is 1.37 bits per heavy atom. The first-order valence-corrected chi connectivity index (χ1v) is 6.02.